The van der Waals surface area contributed by atoms with Gasteiger partial charge in [-0.25, -0.2) is 0 Å². The summed E-state index contributed by atoms with van der Waals surface area (Å²) >= 11 is 2.09. The van der Waals surface area contributed by atoms with Crippen LogP contribution in [0.25, 0.3) is 0 Å². The second kappa shape index (κ2) is 6.87. The first-order valence-corrected chi connectivity index (χ1v) is 7.64. The van der Waals surface area contributed by atoms with Gasteiger partial charge in [0.25, 0.3) is 0 Å². The van der Waals surface area contributed by atoms with Crippen LogP contribution in [0.1, 0.15) is 46.5 Å². The standard InChI is InChI=1S/C13H27NOS/c1-4-7-14-13(10-15)6-5-12(8-13)16-9-11(2)3/h11-12,14-15H,4-10H2,1-3H3. The minimum absolute atomic E-state index is 0.0324. The summed E-state index contributed by atoms with van der Waals surface area (Å²) in [6.45, 7) is 8.05. The molecule has 1 rings (SSSR count). The van der Waals surface area contributed by atoms with Crippen molar-refractivity contribution in [1.29, 1.82) is 0 Å². The summed E-state index contributed by atoms with van der Waals surface area (Å²) in [5, 5.41) is 13.9. The van der Waals surface area contributed by atoms with Crippen LogP contribution in [0.15, 0.2) is 0 Å². The van der Waals surface area contributed by atoms with Crippen LogP contribution < -0.4 is 5.32 Å². The van der Waals surface area contributed by atoms with Crippen LogP contribution in [0, 0.1) is 5.92 Å². The smallest absolute Gasteiger partial charge is 0.0613 e. The van der Waals surface area contributed by atoms with Crippen LogP contribution in [0.4, 0.5) is 0 Å². The predicted octanol–water partition coefficient (Wildman–Crippen LogP) is 2.66. The summed E-state index contributed by atoms with van der Waals surface area (Å²) in [5.41, 5.74) is 0.0324. The lowest BCUT2D eigenvalue weighted by Crippen LogP contribution is -2.46. The van der Waals surface area contributed by atoms with E-state index < -0.39 is 0 Å². The summed E-state index contributed by atoms with van der Waals surface area (Å²) in [6.07, 6.45) is 4.68. The van der Waals surface area contributed by atoms with Crippen LogP contribution in [0.2, 0.25) is 0 Å². The molecular formula is C13H27NOS. The van der Waals surface area contributed by atoms with Crippen molar-refractivity contribution in [2.75, 3.05) is 18.9 Å². The quantitative estimate of drug-likeness (QED) is 0.723. The number of nitrogens with one attached hydrogen (secondary N) is 1. The Morgan fingerprint density at radius 2 is 2.25 bits per heavy atom. The van der Waals surface area contributed by atoms with Crippen LogP contribution in [0.3, 0.4) is 0 Å². The maximum Gasteiger partial charge on any atom is 0.0613 e. The van der Waals surface area contributed by atoms with Crippen molar-refractivity contribution in [3.63, 3.8) is 0 Å². The molecule has 1 aliphatic carbocycles. The lowest BCUT2D eigenvalue weighted by molar-refractivity contribution is 0.165. The van der Waals surface area contributed by atoms with Gasteiger partial charge in [0.1, 0.15) is 0 Å². The Morgan fingerprint density at radius 1 is 1.50 bits per heavy atom. The molecule has 0 radical (unpaired) electrons. The van der Waals surface area contributed by atoms with E-state index in [0.29, 0.717) is 6.61 Å². The van der Waals surface area contributed by atoms with Gasteiger partial charge in [-0.3, -0.25) is 0 Å². The first-order chi connectivity index (χ1) is 7.62. The highest BCUT2D eigenvalue weighted by atomic mass is 32.2. The summed E-state index contributed by atoms with van der Waals surface area (Å²) in [5.74, 6) is 2.03. The molecule has 0 aromatic heterocycles. The Hall–Kier alpha value is 0.270. The molecule has 0 heterocycles. The highest BCUT2D eigenvalue weighted by molar-refractivity contribution is 7.99. The molecule has 0 aromatic carbocycles. The number of aliphatic hydroxyl groups is 1. The monoisotopic (exact) mass is 245 g/mol. The number of aliphatic hydroxyl groups excluding tert-OH is 1. The van der Waals surface area contributed by atoms with Gasteiger partial charge in [-0.05, 0) is 43.9 Å². The SMILES string of the molecule is CCCNC1(CO)CCC(SCC(C)C)C1. The normalized spacial score (nSPS) is 30.2. The summed E-state index contributed by atoms with van der Waals surface area (Å²) in [6, 6.07) is 0. The van der Waals surface area contributed by atoms with Gasteiger partial charge in [0.2, 0.25) is 0 Å². The molecule has 2 nitrogen and oxygen atoms in total. The molecule has 0 aromatic rings. The van der Waals surface area contributed by atoms with Gasteiger partial charge in [0.15, 0.2) is 0 Å². The zero-order valence-electron chi connectivity index (χ0n) is 11.0. The second-order valence-corrected chi connectivity index (χ2v) is 6.79. The Morgan fingerprint density at radius 3 is 2.81 bits per heavy atom. The van der Waals surface area contributed by atoms with Crippen LogP contribution in [-0.4, -0.2) is 34.8 Å². The molecule has 0 saturated heterocycles. The van der Waals surface area contributed by atoms with E-state index in [1.165, 1.54) is 12.2 Å². The Kier molecular flexibility index (Phi) is 6.16. The fourth-order valence-electron chi connectivity index (χ4n) is 2.30. The van der Waals surface area contributed by atoms with Crippen LogP contribution in [0.5, 0.6) is 0 Å². The van der Waals surface area contributed by atoms with E-state index >= 15 is 0 Å². The molecule has 1 aliphatic rings. The van der Waals surface area contributed by atoms with E-state index in [2.05, 4.69) is 37.8 Å². The molecule has 16 heavy (non-hydrogen) atoms. The molecule has 96 valence electrons. The Bertz CT molecular complexity index is 198. The summed E-state index contributed by atoms with van der Waals surface area (Å²) in [4.78, 5) is 0. The largest absolute Gasteiger partial charge is 0.394 e. The van der Waals surface area contributed by atoms with E-state index in [1.807, 2.05) is 0 Å². The fourth-order valence-corrected chi connectivity index (χ4v) is 3.68. The maximum absolute atomic E-state index is 9.57. The molecule has 1 fully saturated rings. The van der Waals surface area contributed by atoms with Crippen molar-refractivity contribution in [2.45, 2.75) is 57.2 Å². The number of thioether (sulfide) groups is 1. The maximum atomic E-state index is 9.57. The third-order valence-electron chi connectivity index (χ3n) is 3.28. The average Bonchev–Trinajstić information content (AvgIpc) is 2.68. The molecule has 2 unspecified atom stereocenters. The van der Waals surface area contributed by atoms with Gasteiger partial charge in [0.05, 0.1) is 6.61 Å². The van der Waals surface area contributed by atoms with E-state index in [0.717, 1.165) is 37.0 Å². The van der Waals surface area contributed by atoms with Crippen molar-refractivity contribution in [3.05, 3.63) is 0 Å². The average molecular weight is 245 g/mol. The van der Waals surface area contributed by atoms with E-state index in [1.54, 1.807) is 0 Å². The van der Waals surface area contributed by atoms with Gasteiger partial charge in [0, 0.05) is 10.8 Å². The molecule has 0 amide bonds. The highest BCUT2D eigenvalue weighted by Gasteiger charge is 2.38. The van der Waals surface area contributed by atoms with Crippen molar-refractivity contribution >= 4 is 11.8 Å². The van der Waals surface area contributed by atoms with E-state index in [9.17, 15) is 5.11 Å². The topological polar surface area (TPSA) is 32.3 Å². The third kappa shape index (κ3) is 4.27. The minimum Gasteiger partial charge on any atom is -0.394 e. The Labute approximate surface area is 105 Å². The molecule has 2 atom stereocenters. The van der Waals surface area contributed by atoms with Crippen LogP contribution in [-0.2, 0) is 0 Å². The number of hydrogen-bond donors (Lipinski definition) is 2. The first kappa shape index (κ1) is 14.3. The Balaban J connectivity index is 2.35. The molecule has 0 aliphatic heterocycles. The molecule has 3 heteroatoms. The molecule has 0 spiro atoms. The van der Waals surface area contributed by atoms with E-state index in [-0.39, 0.29) is 5.54 Å². The predicted molar refractivity (Wildman–Crippen MR) is 73.0 cm³/mol. The van der Waals surface area contributed by atoms with Gasteiger partial charge in [-0.15, -0.1) is 0 Å². The van der Waals surface area contributed by atoms with Crippen molar-refractivity contribution in [2.24, 2.45) is 5.92 Å². The fraction of sp³-hybridized carbons (Fsp3) is 1.00. The van der Waals surface area contributed by atoms with Crippen molar-refractivity contribution in [1.82, 2.24) is 5.32 Å². The zero-order chi connectivity index (χ0) is 12.0. The second-order valence-electron chi connectivity index (χ2n) is 5.46. The van der Waals surface area contributed by atoms with Crippen LogP contribution >= 0.6 is 11.8 Å². The van der Waals surface area contributed by atoms with Gasteiger partial charge in [-0.2, -0.15) is 11.8 Å². The molecule has 2 N–H and O–H groups in total. The van der Waals surface area contributed by atoms with Gasteiger partial charge < -0.3 is 10.4 Å². The third-order valence-corrected chi connectivity index (χ3v) is 5.01. The lowest BCUT2D eigenvalue weighted by Gasteiger charge is -2.28. The molecule has 1 saturated carbocycles. The number of hydrogen-bond acceptors (Lipinski definition) is 3. The molecule has 0 bridgehead atoms. The van der Waals surface area contributed by atoms with Crippen molar-refractivity contribution < 1.29 is 5.11 Å². The lowest BCUT2D eigenvalue weighted by atomic mass is 9.99. The summed E-state index contributed by atoms with van der Waals surface area (Å²) < 4.78 is 0. The summed E-state index contributed by atoms with van der Waals surface area (Å²) in [7, 11) is 0. The van der Waals surface area contributed by atoms with E-state index in [4.69, 9.17) is 0 Å². The zero-order valence-corrected chi connectivity index (χ0v) is 11.8. The molecular weight excluding hydrogens is 218 g/mol. The minimum atomic E-state index is 0.0324. The first-order valence-electron chi connectivity index (χ1n) is 6.59. The van der Waals surface area contributed by atoms with Crippen molar-refractivity contribution in [3.8, 4) is 0 Å². The van der Waals surface area contributed by atoms with Gasteiger partial charge in [-0.1, -0.05) is 20.8 Å². The number of rotatable bonds is 7. The van der Waals surface area contributed by atoms with Gasteiger partial charge >= 0.3 is 0 Å². The highest BCUT2D eigenvalue weighted by Crippen LogP contribution is 2.37.